The number of anilines is 1. The number of nitrogens with one attached hydrogen (secondary N) is 1. The second-order valence-corrected chi connectivity index (χ2v) is 6.18. The van der Waals surface area contributed by atoms with E-state index in [0.29, 0.717) is 12.6 Å². The molecular formula is C15H16BrF2N3. The van der Waals surface area contributed by atoms with E-state index in [9.17, 15) is 8.78 Å². The summed E-state index contributed by atoms with van der Waals surface area (Å²) in [7, 11) is 0. The highest BCUT2D eigenvalue weighted by molar-refractivity contribution is 9.10. The molecule has 0 spiro atoms. The Kier molecular flexibility index (Phi) is 4.24. The first kappa shape index (κ1) is 14.5. The highest BCUT2D eigenvalue weighted by atomic mass is 79.9. The summed E-state index contributed by atoms with van der Waals surface area (Å²) in [6, 6.07) is 4.69. The minimum atomic E-state index is -0.608. The summed E-state index contributed by atoms with van der Waals surface area (Å²) in [5.74, 6) is -1.21. The molecule has 21 heavy (non-hydrogen) atoms. The van der Waals surface area contributed by atoms with Crippen molar-refractivity contribution in [3.8, 4) is 0 Å². The second kappa shape index (κ2) is 6.13. The second-order valence-electron chi connectivity index (χ2n) is 5.33. The van der Waals surface area contributed by atoms with Crippen LogP contribution in [-0.4, -0.2) is 9.78 Å². The third-order valence-electron chi connectivity index (χ3n) is 3.83. The van der Waals surface area contributed by atoms with E-state index in [0.717, 1.165) is 11.8 Å². The molecule has 1 N–H and O–H groups in total. The minimum Gasteiger partial charge on any atom is -0.377 e. The first-order valence-corrected chi connectivity index (χ1v) is 7.85. The van der Waals surface area contributed by atoms with Crippen LogP contribution in [0.5, 0.6) is 0 Å². The van der Waals surface area contributed by atoms with Crippen LogP contribution in [0.15, 0.2) is 28.9 Å². The van der Waals surface area contributed by atoms with E-state index in [-0.39, 0.29) is 10.2 Å². The van der Waals surface area contributed by atoms with E-state index in [2.05, 4.69) is 26.3 Å². The van der Waals surface area contributed by atoms with Gasteiger partial charge in [-0.1, -0.05) is 12.8 Å². The van der Waals surface area contributed by atoms with E-state index < -0.39 is 11.6 Å². The van der Waals surface area contributed by atoms with Crippen molar-refractivity contribution < 1.29 is 8.78 Å². The fraction of sp³-hybridized carbons (Fsp3) is 0.400. The maximum Gasteiger partial charge on any atom is 0.149 e. The summed E-state index contributed by atoms with van der Waals surface area (Å²) in [6.45, 7) is 0.411. The number of benzene rings is 1. The van der Waals surface area contributed by atoms with Crippen LogP contribution in [0.3, 0.4) is 0 Å². The Morgan fingerprint density at radius 2 is 2.00 bits per heavy atom. The predicted octanol–water partition coefficient (Wildman–Crippen LogP) is 4.65. The third-order valence-corrected chi connectivity index (χ3v) is 4.44. The number of hydrogen-bond acceptors (Lipinski definition) is 2. The van der Waals surface area contributed by atoms with Gasteiger partial charge >= 0.3 is 0 Å². The van der Waals surface area contributed by atoms with E-state index in [1.165, 1.54) is 31.7 Å². The first-order valence-electron chi connectivity index (χ1n) is 7.06. The van der Waals surface area contributed by atoms with Gasteiger partial charge < -0.3 is 5.32 Å². The normalized spacial score (nSPS) is 15.6. The summed E-state index contributed by atoms with van der Waals surface area (Å²) < 4.78 is 29.0. The van der Waals surface area contributed by atoms with Gasteiger partial charge in [-0.2, -0.15) is 5.10 Å². The van der Waals surface area contributed by atoms with Crippen molar-refractivity contribution in [2.24, 2.45) is 0 Å². The van der Waals surface area contributed by atoms with Gasteiger partial charge in [0.1, 0.15) is 11.6 Å². The summed E-state index contributed by atoms with van der Waals surface area (Å²) in [6.07, 6.45) is 6.84. The molecule has 1 aromatic carbocycles. The molecule has 0 bridgehead atoms. The third kappa shape index (κ3) is 3.26. The van der Waals surface area contributed by atoms with Gasteiger partial charge in [0.05, 0.1) is 28.4 Å². The van der Waals surface area contributed by atoms with E-state index >= 15 is 0 Å². The lowest BCUT2D eigenvalue weighted by Gasteiger charge is -2.09. The number of nitrogens with zero attached hydrogens (tertiary/aromatic N) is 2. The fourth-order valence-corrected chi connectivity index (χ4v) is 3.03. The van der Waals surface area contributed by atoms with E-state index in [1.807, 2.05) is 16.9 Å². The minimum absolute atomic E-state index is 0.239. The van der Waals surface area contributed by atoms with Gasteiger partial charge in [0, 0.05) is 12.3 Å². The number of aromatic nitrogens is 2. The van der Waals surface area contributed by atoms with Crippen molar-refractivity contribution in [3.05, 3.63) is 46.2 Å². The molecule has 1 aromatic heterocycles. The predicted molar refractivity (Wildman–Crippen MR) is 81.1 cm³/mol. The van der Waals surface area contributed by atoms with E-state index in [4.69, 9.17) is 0 Å². The first-order chi connectivity index (χ1) is 10.1. The Labute approximate surface area is 130 Å². The van der Waals surface area contributed by atoms with Gasteiger partial charge in [-0.25, -0.2) is 8.78 Å². The quantitative estimate of drug-likeness (QED) is 0.808. The summed E-state index contributed by atoms with van der Waals surface area (Å²) >= 11 is 3.05. The number of hydrogen-bond donors (Lipinski definition) is 1. The van der Waals surface area contributed by atoms with Crippen LogP contribution < -0.4 is 5.32 Å². The SMILES string of the molecule is Fc1cc(F)c(NCc2ccn(C3CCCC3)n2)cc1Br. The van der Waals surface area contributed by atoms with Crippen LogP contribution in [-0.2, 0) is 6.54 Å². The van der Waals surface area contributed by atoms with Crippen molar-refractivity contribution in [1.82, 2.24) is 9.78 Å². The number of halogens is 3. The molecule has 1 heterocycles. The molecular weight excluding hydrogens is 340 g/mol. The highest BCUT2D eigenvalue weighted by Gasteiger charge is 2.17. The number of rotatable bonds is 4. The molecule has 1 aliphatic rings. The van der Waals surface area contributed by atoms with Crippen molar-refractivity contribution >= 4 is 21.6 Å². The zero-order chi connectivity index (χ0) is 14.8. The largest absolute Gasteiger partial charge is 0.377 e. The lowest BCUT2D eigenvalue weighted by molar-refractivity contribution is 0.463. The Morgan fingerprint density at radius 3 is 2.76 bits per heavy atom. The molecule has 3 rings (SSSR count). The Hall–Kier alpha value is -1.43. The molecule has 112 valence electrons. The summed E-state index contributed by atoms with van der Waals surface area (Å²) in [5, 5.41) is 7.48. The van der Waals surface area contributed by atoms with E-state index in [1.54, 1.807) is 0 Å². The molecule has 6 heteroatoms. The Balaban J connectivity index is 1.66. The van der Waals surface area contributed by atoms with Gasteiger partial charge in [-0.15, -0.1) is 0 Å². The van der Waals surface area contributed by atoms with Gasteiger partial charge in [-0.05, 0) is 40.9 Å². The average molecular weight is 356 g/mol. The van der Waals surface area contributed by atoms with Gasteiger partial charge in [0.25, 0.3) is 0 Å². The monoisotopic (exact) mass is 355 g/mol. The maximum absolute atomic E-state index is 13.6. The van der Waals surface area contributed by atoms with Crippen LogP contribution in [0.4, 0.5) is 14.5 Å². The van der Waals surface area contributed by atoms with Gasteiger partial charge in [0.15, 0.2) is 0 Å². The molecule has 0 atom stereocenters. The zero-order valence-electron chi connectivity index (χ0n) is 11.5. The molecule has 1 fully saturated rings. The van der Waals surface area contributed by atoms with Crippen LogP contribution >= 0.6 is 15.9 Å². The molecule has 1 saturated carbocycles. The summed E-state index contributed by atoms with van der Waals surface area (Å²) in [4.78, 5) is 0. The maximum atomic E-state index is 13.6. The topological polar surface area (TPSA) is 29.9 Å². The van der Waals surface area contributed by atoms with Crippen molar-refractivity contribution in [2.75, 3.05) is 5.32 Å². The lowest BCUT2D eigenvalue weighted by Crippen LogP contribution is -2.07. The molecule has 0 unspecified atom stereocenters. The van der Waals surface area contributed by atoms with Crippen LogP contribution in [0.1, 0.15) is 37.4 Å². The molecule has 3 nitrogen and oxygen atoms in total. The molecule has 0 saturated heterocycles. The smallest absolute Gasteiger partial charge is 0.149 e. The highest BCUT2D eigenvalue weighted by Crippen LogP contribution is 2.29. The molecule has 0 amide bonds. The zero-order valence-corrected chi connectivity index (χ0v) is 13.0. The lowest BCUT2D eigenvalue weighted by atomic mass is 10.3. The van der Waals surface area contributed by atoms with Crippen molar-refractivity contribution in [3.63, 3.8) is 0 Å². The van der Waals surface area contributed by atoms with Crippen molar-refractivity contribution in [2.45, 2.75) is 38.3 Å². The summed E-state index contributed by atoms with van der Waals surface area (Å²) in [5.41, 5.74) is 1.11. The van der Waals surface area contributed by atoms with Gasteiger partial charge in [-0.3, -0.25) is 4.68 Å². The van der Waals surface area contributed by atoms with Crippen LogP contribution in [0.2, 0.25) is 0 Å². The van der Waals surface area contributed by atoms with Gasteiger partial charge in [0.2, 0.25) is 0 Å². The Bertz CT molecular complexity index is 636. The van der Waals surface area contributed by atoms with Crippen LogP contribution in [0, 0.1) is 11.6 Å². The fourth-order valence-electron chi connectivity index (χ4n) is 2.69. The molecule has 2 aromatic rings. The molecule has 1 aliphatic carbocycles. The standard InChI is InChI=1S/C15H16BrF2N3/c16-12-7-15(14(18)8-13(12)17)19-9-10-5-6-21(20-10)11-3-1-2-4-11/h5-8,11,19H,1-4,9H2. The average Bonchev–Trinajstić information content (AvgIpc) is 3.11. The van der Waals surface area contributed by atoms with Crippen molar-refractivity contribution in [1.29, 1.82) is 0 Å². The molecule has 0 radical (unpaired) electrons. The van der Waals surface area contributed by atoms with Crippen LogP contribution in [0.25, 0.3) is 0 Å². The Morgan fingerprint density at radius 1 is 1.24 bits per heavy atom. The molecule has 0 aliphatic heterocycles.